The van der Waals surface area contributed by atoms with Crippen molar-refractivity contribution in [1.82, 2.24) is 5.16 Å². The quantitative estimate of drug-likeness (QED) is 0.756. The maximum absolute atomic E-state index is 6.02. The van der Waals surface area contributed by atoms with Crippen LogP contribution in [0.25, 0.3) is 22.4 Å². The predicted octanol–water partition coefficient (Wildman–Crippen LogP) is 4.49. The molecule has 0 amide bonds. The summed E-state index contributed by atoms with van der Waals surface area (Å²) in [6.45, 7) is 0. The second-order valence-corrected chi connectivity index (χ2v) is 4.73. The molecule has 4 nitrogen and oxygen atoms in total. The van der Waals surface area contributed by atoms with Crippen molar-refractivity contribution in [2.45, 2.75) is 0 Å². The van der Waals surface area contributed by atoms with E-state index in [1.54, 1.807) is 36.8 Å². The third kappa shape index (κ3) is 2.09. The van der Waals surface area contributed by atoms with E-state index in [1.165, 1.54) is 0 Å². The Morgan fingerprint density at radius 1 is 1.05 bits per heavy atom. The Labute approximate surface area is 118 Å². The number of aromatic nitrogens is 1. The number of anilines is 1. The summed E-state index contributed by atoms with van der Waals surface area (Å²) in [7, 11) is 0. The zero-order valence-corrected chi connectivity index (χ0v) is 11.1. The number of hydrogen-bond donors (Lipinski definition) is 1. The van der Waals surface area contributed by atoms with Gasteiger partial charge in [0, 0.05) is 5.56 Å². The minimum absolute atomic E-state index is 0.217. The van der Waals surface area contributed by atoms with Crippen LogP contribution in [0.1, 0.15) is 0 Å². The van der Waals surface area contributed by atoms with Crippen molar-refractivity contribution in [3.05, 3.63) is 46.8 Å². The number of hydrogen-bond acceptors (Lipinski definition) is 4. The number of benzene rings is 1. The molecule has 0 bridgehead atoms. The molecular weight excluding hydrogens is 287 g/mol. The summed E-state index contributed by atoms with van der Waals surface area (Å²) >= 11 is 11.9. The second-order valence-electron chi connectivity index (χ2n) is 3.91. The zero-order valence-electron chi connectivity index (χ0n) is 9.56. The first-order valence-electron chi connectivity index (χ1n) is 5.40. The Morgan fingerprint density at radius 3 is 2.58 bits per heavy atom. The average molecular weight is 295 g/mol. The lowest BCUT2D eigenvalue weighted by Gasteiger charge is -2.03. The molecule has 0 unspecified atom stereocenters. The molecule has 6 heteroatoms. The van der Waals surface area contributed by atoms with Crippen LogP contribution in [-0.4, -0.2) is 5.16 Å². The van der Waals surface area contributed by atoms with Crippen LogP contribution in [0.3, 0.4) is 0 Å². The van der Waals surface area contributed by atoms with Crippen molar-refractivity contribution in [2.75, 3.05) is 5.73 Å². The molecule has 0 atom stereocenters. The Hall–Kier alpha value is -1.91. The number of halogens is 2. The van der Waals surface area contributed by atoms with E-state index in [9.17, 15) is 0 Å². The van der Waals surface area contributed by atoms with E-state index >= 15 is 0 Å². The second kappa shape index (κ2) is 4.64. The molecule has 2 heterocycles. The van der Waals surface area contributed by atoms with Gasteiger partial charge in [0.15, 0.2) is 0 Å². The highest BCUT2D eigenvalue weighted by atomic mass is 35.5. The van der Waals surface area contributed by atoms with Crippen LogP contribution >= 0.6 is 23.2 Å². The van der Waals surface area contributed by atoms with Gasteiger partial charge in [0.1, 0.15) is 5.69 Å². The lowest BCUT2D eigenvalue weighted by Crippen LogP contribution is -1.87. The van der Waals surface area contributed by atoms with Gasteiger partial charge in [0.05, 0.1) is 28.1 Å². The molecule has 2 aromatic heterocycles. The number of rotatable bonds is 2. The first-order chi connectivity index (χ1) is 9.16. The molecule has 1 aromatic carbocycles. The maximum Gasteiger partial charge on any atom is 0.230 e. The molecule has 0 radical (unpaired) electrons. The molecule has 3 aromatic rings. The van der Waals surface area contributed by atoms with Crippen LogP contribution in [0.2, 0.25) is 10.0 Å². The summed E-state index contributed by atoms with van der Waals surface area (Å²) in [6, 6.07) is 7.00. The fourth-order valence-electron chi connectivity index (χ4n) is 1.83. The highest BCUT2D eigenvalue weighted by molar-refractivity contribution is 6.42. The number of nitrogen functional groups attached to an aromatic ring is 1. The van der Waals surface area contributed by atoms with Gasteiger partial charge in [0.25, 0.3) is 0 Å². The topological polar surface area (TPSA) is 65.2 Å². The van der Waals surface area contributed by atoms with Gasteiger partial charge in [-0.15, -0.1) is 0 Å². The van der Waals surface area contributed by atoms with Crippen LogP contribution < -0.4 is 5.73 Å². The molecule has 0 aliphatic carbocycles. The van der Waals surface area contributed by atoms with E-state index in [1.807, 2.05) is 0 Å². The van der Waals surface area contributed by atoms with Crippen molar-refractivity contribution in [3.8, 4) is 22.4 Å². The summed E-state index contributed by atoms with van der Waals surface area (Å²) in [5.41, 5.74) is 8.66. The Balaban J connectivity index is 2.19. The Kier molecular flexibility index (Phi) is 2.97. The number of furan rings is 1. The smallest absolute Gasteiger partial charge is 0.230 e. The largest absolute Gasteiger partial charge is 0.472 e. The van der Waals surface area contributed by atoms with Gasteiger partial charge in [-0.2, -0.15) is 0 Å². The monoisotopic (exact) mass is 294 g/mol. The van der Waals surface area contributed by atoms with Gasteiger partial charge in [-0.05, 0) is 23.8 Å². The van der Waals surface area contributed by atoms with Gasteiger partial charge >= 0.3 is 0 Å². The SMILES string of the molecule is Nc1onc(-c2ccoc2)c1-c1ccc(Cl)c(Cl)c1. The number of nitrogens with zero attached hydrogens (tertiary/aromatic N) is 1. The molecule has 0 saturated heterocycles. The van der Waals surface area contributed by atoms with E-state index in [4.69, 9.17) is 37.9 Å². The lowest BCUT2D eigenvalue weighted by atomic mass is 10.0. The van der Waals surface area contributed by atoms with Crippen molar-refractivity contribution in [3.63, 3.8) is 0 Å². The average Bonchev–Trinajstić information content (AvgIpc) is 3.01. The van der Waals surface area contributed by atoms with E-state index in [0.717, 1.165) is 11.1 Å². The lowest BCUT2D eigenvalue weighted by molar-refractivity contribution is 0.439. The van der Waals surface area contributed by atoms with E-state index in [0.29, 0.717) is 21.3 Å². The van der Waals surface area contributed by atoms with E-state index < -0.39 is 0 Å². The van der Waals surface area contributed by atoms with Crippen molar-refractivity contribution in [2.24, 2.45) is 0 Å². The molecule has 2 N–H and O–H groups in total. The summed E-state index contributed by atoms with van der Waals surface area (Å²) < 4.78 is 10.1. The molecule has 0 fully saturated rings. The molecule has 0 aliphatic heterocycles. The third-order valence-electron chi connectivity index (χ3n) is 2.72. The highest BCUT2D eigenvalue weighted by Crippen LogP contribution is 2.38. The standard InChI is InChI=1S/C13H8Cl2N2O2/c14-9-2-1-7(5-10(9)15)11-12(17-19-13(11)16)8-3-4-18-6-8/h1-6H,16H2. The maximum atomic E-state index is 6.02. The van der Waals surface area contributed by atoms with Crippen LogP contribution in [0.5, 0.6) is 0 Å². The zero-order chi connectivity index (χ0) is 13.4. The van der Waals surface area contributed by atoms with E-state index in [2.05, 4.69) is 5.16 Å². The third-order valence-corrected chi connectivity index (χ3v) is 3.46. The molecule has 96 valence electrons. The highest BCUT2D eigenvalue weighted by Gasteiger charge is 2.18. The summed E-state index contributed by atoms with van der Waals surface area (Å²) in [5.74, 6) is 0.217. The summed E-state index contributed by atoms with van der Waals surface area (Å²) in [4.78, 5) is 0. The van der Waals surface area contributed by atoms with Crippen LogP contribution in [0.15, 0.2) is 45.7 Å². The first-order valence-corrected chi connectivity index (χ1v) is 6.15. The van der Waals surface area contributed by atoms with Gasteiger partial charge in [-0.25, -0.2) is 0 Å². The van der Waals surface area contributed by atoms with Crippen molar-refractivity contribution >= 4 is 29.1 Å². The summed E-state index contributed by atoms with van der Waals surface area (Å²) in [5, 5.41) is 4.87. The van der Waals surface area contributed by atoms with Crippen molar-refractivity contribution < 1.29 is 8.94 Å². The van der Waals surface area contributed by atoms with Gasteiger partial charge in [-0.1, -0.05) is 34.4 Å². The van der Waals surface area contributed by atoms with Crippen LogP contribution in [0, 0.1) is 0 Å². The van der Waals surface area contributed by atoms with Gasteiger partial charge < -0.3 is 14.7 Å². The van der Waals surface area contributed by atoms with Gasteiger partial charge in [-0.3, -0.25) is 0 Å². The van der Waals surface area contributed by atoms with Crippen molar-refractivity contribution in [1.29, 1.82) is 0 Å². The fraction of sp³-hybridized carbons (Fsp3) is 0. The predicted molar refractivity (Wildman–Crippen MR) is 74.1 cm³/mol. The minimum Gasteiger partial charge on any atom is -0.472 e. The fourth-order valence-corrected chi connectivity index (χ4v) is 2.13. The molecule has 0 saturated carbocycles. The normalized spacial score (nSPS) is 10.8. The molecular formula is C13H8Cl2N2O2. The molecule has 19 heavy (non-hydrogen) atoms. The van der Waals surface area contributed by atoms with Crippen LogP contribution in [0.4, 0.5) is 5.88 Å². The Morgan fingerprint density at radius 2 is 1.89 bits per heavy atom. The molecule has 0 spiro atoms. The van der Waals surface area contributed by atoms with Gasteiger partial charge in [0.2, 0.25) is 5.88 Å². The molecule has 0 aliphatic rings. The number of nitrogens with two attached hydrogens (primary N) is 1. The first kappa shape index (κ1) is 12.1. The van der Waals surface area contributed by atoms with Crippen LogP contribution in [-0.2, 0) is 0 Å². The Bertz CT molecular complexity index is 720. The van der Waals surface area contributed by atoms with E-state index in [-0.39, 0.29) is 5.88 Å². The molecule has 3 rings (SSSR count). The minimum atomic E-state index is 0.217. The summed E-state index contributed by atoms with van der Waals surface area (Å²) in [6.07, 6.45) is 3.12.